The third-order valence-electron chi connectivity index (χ3n) is 6.32. The van der Waals surface area contributed by atoms with Gasteiger partial charge < -0.3 is 10.2 Å². The Bertz CT molecular complexity index is 965. The highest BCUT2D eigenvalue weighted by Gasteiger charge is 2.40. The number of para-hydroxylation sites is 1. The van der Waals surface area contributed by atoms with Crippen LogP contribution in [-0.4, -0.2) is 23.9 Å². The van der Waals surface area contributed by atoms with Gasteiger partial charge in [0.05, 0.1) is 17.3 Å². The van der Waals surface area contributed by atoms with E-state index in [-0.39, 0.29) is 11.9 Å². The van der Waals surface area contributed by atoms with E-state index >= 15 is 0 Å². The quantitative estimate of drug-likeness (QED) is 0.608. The molecule has 2 aliphatic heterocycles. The zero-order valence-electron chi connectivity index (χ0n) is 15.5. The number of carbonyl (C=O) groups excluding carboxylic acids is 1. The van der Waals surface area contributed by atoms with Crippen LogP contribution in [0.25, 0.3) is 0 Å². The van der Waals surface area contributed by atoms with Gasteiger partial charge in [0.25, 0.3) is 5.91 Å². The molecule has 2 heterocycles. The number of anilines is 1. The smallest absolute Gasteiger partial charge is 0.255 e. The van der Waals surface area contributed by atoms with Crippen molar-refractivity contribution in [3.05, 3.63) is 75.3 Å². The molecule has 3 aliphatic rings. The van der Waals surface area contributed by atoms with Crippen molar-refractivity contribution < 1.29 is 4.79 Å². The minimum Gasteiger partial charge on any atom is -0.377 e. The zero-order chi connectivity index (χ0) is 19.3. The molecular formula is C23H22Cl2N2O. The number of nitrogens with one attached hydrogen (secondary N) is 1. The summed E-state index contributed by atoms with van der Waals surface area (Å²) in [5, 5.41) is 5.01. The van der Waals surface area contributed by atoms with Crippen LogP contribution in [0, 0.1) is 5.92 Å². The highest BCUT2D eigenvalue weighted by atomic mass is 35.5. The van der Waals surface area contributed by atoms with Gasteiger partial charge in [0.15, 0.2) is 0 Å². The molecule has 1 amide bonds. The molecule has 0 aromatic heterocycles. The maximum Gasteiger partial charge on any atom is 0.255 e. The van der Waals surface area contributed by atoms with Crippen LogP contribution in [0.3, 0.4) is 0 Å². The lowest BCUT2D eigenvalue weighted by Gasteiger charge is -2.39. The molecule has 0 radical (unpaired) electrons. The van der Waals surface area contributed by atoms with Crippen LogP contribution in [0.2, 0.25) is 10.0 Å². The standard InChI is InChI=1S/C23H22Cl2N2O/c24-14-9-10-18(20(25)13-14)21-16-6-3-5-15(16)17-7-4-8-19(22(17)26-21)23(28)27-11-1-2-12-27/h3-5,7-10,13,15-16,21,26H,1-2,6,11-12H2/t15-,16-,21-/m1/s1. The molecule has 0 spiro atoms. The SMILES string of the molecule is O=C(c1cccc2c1N[C@@H](c1ccc(Cl)cc1Cl)[C@@H]1CC=C[C@@H]21)N1CCCC1. The van der Waals surface area contributed by atoms with Crippen molar-refractivity contribution in [2.45, 2.75) is 31.2 Å². The number of hydrogen-bond donors (Lipinski definition) is 1. The first kappa shape index (κ1) is 18.1. The van der Waals surface area contributed by atoms with Gasteiger partial charge in [0.2, 0.25) is 0 Å². The molecule has 0 unspecified atom stereocenters. The third-order valence-corrected chi connectivity index (χ3v) is 6.88. The molecule has 1 fully saturated rings. The van der Waals surface area contributed by atoms with E-state index in [0.717, 1.165) is 49.2 Å². The van der Waals surface area contributed by atoms with Gasteiger partial charge in [0.1, 0.15) is 0 Å². The van der Waals surface area contributed by atoms with E-state index < -0.39 is 0 Å². The molecule has 3 nitrogen and oxygen atoms in total. The van der Waals surface area contributed by atoms with Crippen molar-refractivity contribution in [2.75, 3.05) is 18.4 Å². The van der Waals surface area contributed by atoms with E-state index in [1.807, 2.05) is 29.2 Å². The summed E-state index contributed by atoms with van der Waals surface area (Å²) in [7, 11) is 0. The molecule has 5 rings (SSSR count). The van der Waals surface area contributed by atoms with Crippen molar-refractivity contribution in [3.8, 4) is 0 Å². The Labute approximate surface area is 175 Å². The molecule has 1 aliphatic carbocycles. The predicted octanol–water partition coefficient (Wildman–Crippen LogP) is 6.06. The van der Waals surface area contributed by atoms with Gasteiger partial charge in [-0.1, -0.05) is 53.6 Å². The Morgan fingerprint density at radius 3 is 2.68 bits per heavy atom. The van der Waals surface area contributed by atoms with Gasteiger partial charge in [-0.2, -0.15) is 0 Å². The number of rotatable bonds is 2. The summed E-state index contributed by atoms with van der Waals surface area (Å²) >= 11 is 12.7. The van der Waals surface area contributed by atoms with Crippen molar-refractivity contribution in [3.63, 3.8) is 0 Å². The molecule has 5 heteroatoms. The Balaban J connectivity index is 1.59. The number of amides is 1. The minimum absolute atomic E-state index is 0.0461. The largest absolute Gasteiger partial charge is 0.377 e. The first-order chi connectivity index (χ1) is 13.6. The van der Waals surface area contributed by atoms with Crippen LogP contribution < -0.4 is 5.32 Å². The Kier molecular flexibility index (Phi) is 4.60. The van der Waals surface area contributed by atoms with Gasteiger partial charge in [-0.25, -0.2) is 0 Å². The molecule has 1 N–H and O–H groups in total. The molecule has 2 aromatic rings. The summed E-state index contributed by atoms with van der Waals surface area (Å²) in [4.78, 5) is 15.2. The van der Waals surface area contributed by atoms with E-state index in [9.17, 15) is 4.79 Å². The Morgan fingerprint density at radius 1 is 1.07 bits per heavy atom. The van der Waals surface area contributed by atoms with Gasteiger partial charge in [-0.3, -0.25) is 4.79 Å². The molecule has 28 heavy (non-hydrogen) atoms. The summed E-state index contributed by atoms with van der Waals surface area (Å²) in [6.45, 7) is 1.70. The van der Waals surface area contributed by atoms with Crippen LogP contribution in [0.1, 0.15) is 52.7 Å². The summed E-state index contributed by atoms with van der Waals surface area (Å²) in [6, 6.07) is 11.9. The van der Waals surface area contributed by atoms with Gasteiger partial charge in [-0.15, -0.1) is 0 Å². The summed E-state index contributed by atoms with van der Waals surface area (Å²) in [6.07, 6.45) is 7.70. The van der Waals surface area contributed by atoms with Gasteiger partial charge in [-0.05, 0) is 54.5 Å². The lowest BCUT2D eigenvalue weighted by atomic mass is 9.76. The second-order valence-corrected chi connectivity index (χ2v) is 8.75. The Morgan fingerprint density at radius 2 is 1.89 bits per heavy atom. The molecule has 2 aromatic carbocycles. The monoisotopic (exact) mass is 412 g/mol. The fourth-order valence-electron chi connectivity index (χ4n) is 4.95. The van der Waals surface area contributed by atoms with Crippen molar-refractivity contribution >= 4 is 34.8 Å². The lowest BCUT2D eigenvalue weighted by molar-refractivity contribution is 0.0793. The molecule has 0 bridgehead atoms. The molecule has 0 saturated carbocycles. The van der Waals surface area contributed by atoms with E-state index in [1.54, 1.807) is 6.07 Å². The van der Waals surface area contributed by atoms with Crippen LogP contribution in [0.5, 0.6) is 0 Å². The normalized spacial score (nSPS) is 25.4. The molecule has 144 valence electrons. The van der Waals surface area contributed by atoms with E-state index in [4.69, 9.17) is 23.2 Å². The molecular weight excluding hydrogens is 391 g/mol. The van der Waals surface area contributed by atoms with Crippen molar-refractivity contribution in [1.29, 1.82) is 0 Å². The van der Waals surface area contributed by atoms with Crippen LogP contribution in [0.4, 0.5) is 5.69 Å². The van der Waals surface area contributed by atoms with Crippen molar-refractivity contribution in [2.24, 2.45) is 5.92 Å². The average Bonchev–Trinajstić information content (AvgIpc) is 3.39. The third kappa shape index (κ3) is 2.92. The van der Waals surface area contributed by atoms with Crippen LogP contribution in [-0.2, 0) is 0 Å². The zero-order valence-corrected chi connectivity index (χ0v) is 17.0. The second kappa shape index (κ2) is 7.13. The fraction of sp³-hybridized carbons (Fsp3) is 0.348. The molecule has 1 saturated heterocycles. The van der Waals surface area contributed by atoms with Crippen LogP contribution in [0.15, 0.2) is 48.6 Å². The summed E-state index contributed by atoms with van der Waals surface area (Å²) in [5.74, 6) is 0.797. The number of benzene rings is 2. The second-order valence-electron chi connectivity index (χ2n) is 7.91. The minimum atomic E-state index is 0.0461. The summed E-state index contributed by atoms with van der Waals surface area (Å²) in [5.41, 5.74) is 3.99. The topological polar surface area (TPSA) is 32.3 Å². The number of halogens is 2. The van der Waals surface area contributed by atoms with Gasteiger partial charge in [0, 0.05) is 29.1 Å². The number of fused-ring (bicyclic) bond motifs is 3. The highest BCUT2D eigenvalue weighted by molar-refractivity contribution is 6.35. The maximum absolute atomic E-state index is 13.2. The lowest BCUT2D eigenvalue weighted by Crippen LogP contribution is -2.33. The first-order valence-electron chi connectivity index (χ1n) is 9.94. The first-order valence-corrected chi connectivity index (χ1v) is 10.7. The number of likely N-dealkylation sites (tertiary alicyclic amines) is 1. The number of nitrogens with zero attached hydrogens (tertiary/aromatic N) is 1. The van der Waals surface area contributed by atoms with E-state index in [2.05, 4.69) is 23.5 Å². The fourth-order valence-corrected chi connectivity index (χ4v) is 5.48. The molecule has 3 atom stereocenters. The van der Waals surface area contributed by atoms with Crippen molar-refractivity contribution in [1.82, 2.24) is 4.90 Å². The highest BCUT2D eigenvalue weighted by Crippen LogP contribution is 2.51. The predicted molar refractivity (Wildman–Crippen MR) is 114 cm³/mol. The van der Waals surface area contributed by atoms with E-state index in [0.29, 0.717) is 21.9 Å². The number of hydrogen-bond acceptors (Lipinski definition) is 2. The summed E-state index contributed by atoms with van der Waals surface area (Å²) < 4.78 is 0. The number of carbonyl (C=O) groups is 1. The van der Waals surface area contributed by atoms with Gasteiger partial charge >= 0.3 is 0 Å². The van der Waals surface area contributed by atoms with E-state index in [1.165, 1.54) is 5.56 Å². The maximum atomic E-state index is 13.2. The Hall–Kier alpha value is -1.97. The van der Waals surface area contributed by atoms with Crippen LogP contribution >= 0.6 is 23.2 Å². The number of allylic oxidation sites excluding steroid dienone is 2. The average molecular weight is 413 g/mol.